The number of Topliss-reactive ketones (excluding diaryl/α,β-unsaturated/α-hetero) is 1. The number of carbonyl (C=O) groups excluding carboxylic acids is 2. The van der Waals surface area contributed by atoms with Crippen LogP contribution in [-0.2, 0) is 11.3 Å². The van der Waals surface area contributed by atoms with Crippen molar-refractivity contribution in [2.75, 3.05) is 13.7 Å². The van der Waals surface area contributed by atoms with Crippen LogP contribution in [0, 0.1) is 6.92 Å². The summed E-state index contributed by atoms with van der Waals surface area (Å²) in [5.74, 6) is -0.387. The fraction of sp³-hybridized carbons (Fsp3) is 0.261. The van der Waals surface area contributed by atoms with Gasteiger partial charge in [0.2, 0.25) is 5.78 Å². The Hall–Kier alpha value is -3.81. The van der Waals surface area contributed by atoms with Gasteiger partial charge in [0, 0.05) is 25.5 Å². The normalized spacial score (nSPS) is 16.3. The molecular formula is C23H23N3O5. The number of carbonyl (C=O) groups is 2. The van der Waals surface area contributed by atoms with E-state index in [-0.39, 0.29) is 11.3 Å². The van der Waals surface area contributed by atoms with Gasteiger partial charge < -0.3 is 23.7 Å². The topological polar surface area (TPSA) is 97.8 Å². The maximum absolute atomic E-state index is 13.2. The Kier molecular flexibility index (Phi) is 5.62. The molecule has 3 aromatic rings. The summed E-state index contributed by atoms with van der Waals surface area (Å²) >= 11 is 0. The monoisotopic (exact) mass is 421 g/mol. The Morgan fingerprint density at radius 3 is 2.77 bits per heavy atom. The minimum atomic E-state index is -0.747. The van der Waals surface area contributed by atoms with E-state index in [0.717, 1.165) is 0 Å². The molecule has 0 saturated carbocycles. The predicted molar refractivity (Wildman–Crippen MR) is 112 cm³/mol. The van der Waals surface area contributed by atoms with Crippen molar-refractivity contribution in [2.45, 2.75) is 25.9 Å². The number of ketones is 1. The molecule has 1 N–H and O–H groups in total. The van der Waals surface area contributed by atoms with Crippen LogP contribution in [0.15, 0.2) is 70.9 Å². The number of aryl methyl sites for hydroxylation is 2. The van der Waals surface area contributed by atoms with Crippen molar-refractivity contribution in [3.8, 4) is 5.75 Å². The Morgan fingerprint density at radius 2 is 2.10 bits per heavy atom. The maximum atomic E-state index is 13.2. The van der Waals surface area contributed by atoms with Gasteiger partial charge in [0.25, 0.3) is 5.91 Å². The van der Waals surface area contributed by atoms with Gasteiger partial charge in [-0.3, -0.25) is 9.59 Å². The molecule has 0 bridgehead atoms. The molecule has 0 spiro atoms. The fourth-order valence-electron chi connectivity index (χ4n) is 3.81. The van der Waals surface area contributed by atoms with Gasteiger partial charge in [-0.1, -0.05) is 12.1 Å². The summed E-state index contributed by atoms with van der Waals surface area (Å²) in [4.78, 5) is 31.7. The van der Waals surface area contributed by atoms with Gasteiger partial charge in [0.05, 0.1) is 25.1 Å². The number of hydrogen-bond donors (Lipinski definition) is 1. The molecule has 1 aromatic carbocycles. The Balaban J connectivity index is 1.69. The van der Waals surface area contributed by atoms with Gasteiger partial charge in [-0.25, -0.2) is 4.98 Å². The third-order valence-corrected chi connectivity index (χ3v) is 5.30. The quantitative estimate of drug-likeness (QED) is 0.560. The molecule has 160 valence electrons. The van der Waals surface area contributed by atoms with E-state index in [2.05, 4.69) is 4.98 Å². The molecule has 0 aliphatic carbocycles. The lowest BCUT2D eigenvalue weighted by Crippen LogP contribution is -2.32. The van der Waals surface area contributed by atoms with Crippen LogP contribution in [0.4, 0.5) is 0 Å². The third kappa shape index (κ3) is 3.96. The summed E-state index contributed by atoms with van der Waals surface area (Å²) in [6.07, 6.45) is 5.86. The maximum Gasteiger partial charge on any atom is 0.290 e. The molecule has 3 heterocycles. The zero-order valence-electron chi connectivity index (χ0n) is 17.3. The molecule has 1 aliphatic rings. The first kappa shape index (κ1) is 20.5. The first-order valence-electron chi connectivity index (χ1n) is 9.94. The van der Waals surface area contributed by atoms with Gasteiger partial charge in [-0.05, 0) is 43.2 Å². The molecule has 2 aromatic heterocycles. The second kappa shape index (κ2) is 8.51. The van der Waals surface area contributed by atoms with Crippen LogP contribution in [-0.4, -0.2) is 44.9 Å². The largest absolute Gasteiger partial charge is 0.503 e. The number of hydrogen-bond acceptors (Lipinski definition) is 6. The first-order valence-corrected chi connectivity index (χ1v) is 9.94. The van der Waals surface area contributed by atoms with E-state index in [1.165, 1.54) is 4.90 Å². The van der Waals surface area contributed by atoms with Crippen molar-refractivity contribution in [3.63, 3.8) is 0 Å². The summed E-state index contributed by atoms with van der Waals surface area (Å²) in [7, 11) is 1.55. The van der Waals surface area contributed by atoms with Crippen LogP contribution in [0.5, 0.6) is 5.75 Å². The zero-order valence-corrected chi connectivity index (χ0v) is 17.3. The summed E-state index contributed by atoms with van der Waals surface area (Å²) in [5, 5.41) is 10.7. The number of aliphatic hydroxyl groups is 1. The Labute approximate surface area is 179 Å². The van der Waals surface area contributed by atoms with Gasteiger partial charge in [0.1, 0.15) is 11.5 Å². The smallest absolute Gasteiger partial charge is 0.290 e. The number of imidazole rings is 1. The standard InChI is InChI=1S/C23H23N3O5/c1-15-7-8-18(31-15)21(27)19-20(16-5-3-6-17(13-16)30-2)26(23(29)22(19)28)11-4-10-25-12-9-24-14-25/h3,5-9,12-14,20,28H,4,10-11H2,1-2H3/t20-/m0/s1. The van der Waals surface area contributed by atoms with E-state index < -0.39 is 23.5 Å². The lowest BCUT2D eigenvalue weighted by Gasteiger charge is -2.27. The average Bonchev–Trinajstić information content (AvgIpc) is 3.50. The molecule has 31 heavy (non-hydrogen) atoms. The number of nitrogens with zero attached hydrogens (tertiary/aromatic N) is 3. The van der Waals surface area contributed by atoms with Crippen LogP contribution in [0.3, 0.4) is 0 Å². The van der Waals surface area contributed by atoms with Crippen LogP contribution in [0.1, 0.15) is 34.3 Å². The molecule has 0 radical (unpaired) electrons. The lowest BCUT2D eigenvalue weighted by atomic mass is 9.95. The molecular weight excluding hydrogens is 398 g/mol. The van der Waals surface area contributed by atoms with E-state index in [9.17, 15) is 14.7 Å². The van der Waals surface area contributed by atoms with Gasteiger partial charge in [-0.15, -0.1) is 0 Å². The molecule has 1 atom stereocenters. The molecule has 4 rings (SSSR count). The molecule has 8 nitrogen and oxygen atoms in total. The molecule has 0 fully saturated rings. The lowest BCUT2D eigenvalue weighted by molar-refractivity contribution is -0.129. The van der Waals surface area contributed by atoms with Gasteiger partial charge >= 0.3 is 0 Å². The third-order valence-electron chi connectivity index (χ3n) is 5.30. The van der Waals surface area contributed by atoms with Crippen molar-refractivity contribution >= 4 is 11.7 Å². The van der Waals surface area contributed by atoms with Crippen molar-refractivity contribution in [3.05, 3.63) is 83.5 Å². The highest BCUT2D eigenvalue weighted by atomic mass is 16.5. The van der Waals surface area contributed by atoms with Gasteiger partial charge in [-0.2, -0.15) is 0 Å². The molecule has 1 amide bonds. The Morgan fingerprint density at radius 1 is 1.26 bits per heavy atom. The number of rotatable bonds is 8. The summed E-state index contributed by atoms with van der Waals surface area (Å²) in [6.45, 7) is 2.72. The van der Waals surface area contributed by atoms with Gasteiger partial charge in [0.15, 0.2) is 11.5 Å². The second-order valence-corrected chi connectivity index (χ2v) is 7.33. The van der Waals surface area contributed by atoms with E-state index in [0.29, 0.717) is 36.6 Å². The fourth-order valence-corrected chi connectivity index (χ4v) is 3.81. The summed E-state index contributed by atoms with van der Waals surface area (Å²) < 4.78 is 12.7. The van der Waals surface area contributed by atoms with Crippen LogP contribution < -0.4 is 4.74 Å². The molecule has 0 saturated heterocycles. The van der Waals surface area contributed by atoms with E-state index in [1.54, 1.807) is 56.9 Å². The van der Waals surface area contributed by atoms with E-state index >= 15 is 0 Å². The number of aromatic nitrogens is 2. The second-order valence-electron chi connectivity index (χ2n) is 7.33. The number of aliphatic hydroxyl groups excluding tert-OH is 1. The zero-order chi connectivity index (χ0) is 22.0. The molecule has 0 unspecified atom stereocenters. The summed E-state index contributed by atoms with van der Waals surface area (Å²) in [6, 6.07) is 9.62. The van der Waals surface area contributed by atoms with Crippen molar-refractivity contribution < 1.29 is 23.8 Å². The minimum Gasteiger partial charge on any atom is -0.503 e. The molecule has 8 heteroatoms. The van der Waals surface area contributed by atoms with Crippen LogP contribution >= 0.6 is 0 Å². The van der Waals surface area contributed by atoms with E-state index in [1.807, 2.05) is 16.8 Å². The SMILES string of the molecule is COc1cccc([C@H]2C(C(=O)c3ccc(C)o3)=C(O)C(=O)N2CCCn2ccnc2)c1. The van der Waals surface area contributed by atoms with Crippen molar-refractivity contribution in [2.24, 2.45) is 0 Å². The number of methoxy groups -OCH3 is 1. The highest BCUT2D eigenvalue weighted by molar-refractivity contribution is 6.15. The number of ether oxygens (including phenoxy) is 1. The molecule has 1 aliphatic heterocycles. The number of furan rings is 1. The highest BCUT2D eigenvalue weighted by Gasteiger charge is 2.44. The minimum absolute atomic E-state index is 0.00948. The Bertz CT molecular complexity index is 1130. The average molecular weight is 421 g/mol. The van der Waals surface area contributed by atoms with Crippen LogP contribution in [0.25, 0.3) is 0 Å². The predicted octanol–water partition coefficient (Wildman–Crippen LogP) is 3.46. The van der Waals surface area contributed by atoms with Crippen molar-refractivity contribution in [1.82, 2.24) is 14.5 Å². The number of benzene rings is 1. The number of amides is 1. The van der Waals surface area contributed by atoms with Crippen LogP contribution in [0.2, 0.25) is 0 Å². The van der Waals surface area contributed by atoms with Crippen molar-refractivity contribution in [1.29, 1.82) is 0 Å². The first-order chi connectivity index (χ1) is 15.0. The van der Waals surface area contributed by atoms with E-state index in [4.69, 9.17) is 9.15 Å². The highest BCUT2D eigenvalue weighted by Crippen LogP contribution is 2.40. The summed E-state index contributed by atoms with van der Waals surface area (Å²) in [5.41, 5.74) is 0.682.